The molecule has 268 valence electrons. The summed E-state index contributed by atoms with van der Waals surface area (Å²) >= 11 is 0. The first-order chi connectivity index (χ1) is 22.7. The van der Waals surface area contributed by atoms with Crippen molar-refractivity contribution in [3.63, 3.8) is 0 Å². The Labute approximate surface area is 284 Å². The monoisotopic (exact) mass is 674 g/mol. The summed E-state index contributed by atoms with van der Waals surface area (Å²) in [6.45, 7) is 15.5. The number of ether oxygens (including phenoxy) is 7. The van der Waals surface area contributed by atoms with Crippen LogP contribution in [0.2, 0.25) is 0 Å². The van der Waals surface area contributed by atoms with Crippen LogP contribution in [0.5, 0.6) is 0 Å². The number of esters is 3. The first-order valence-corrected chi connectivity index (χ1v) is 17.1. The molecule has 11 nitrogen and oxygen atoms in total. The Balaban J connectivity index is 1.77. The molecule has 0 radical (unpaired) electrons. The van der Waals surface area contributed by atoms with Gasteiger partial charge in [0.25, 0.3) is 0 Å². The molecule has 0 spiro atoms. The summed E-state index contributed by atoms with van der Waals surface area (Å²) in [7, 11) is 2.75. The molecule has 0 amide bonds. The largest absolute Gasteiger partial charge is 0.466 e. The van der Waals surface area contributed by atoms with Gasteiger partial charge >= 0.3 is 17.9 Å². The maximum Gasteiger partial charge on any atom is 0.330 e. The van der Waals surface area contributed by atoms with Gasteiger partial charge in [-0.3, -0.25) is 9.59 Å². The Kier molecular flexibility index (Phi) is 12.9. The highest BCUT2D eigenvalue weighted by Crippen LogP contribution is 2.49. The molecule has 0 unspecified atom stereocenters. The first-order valence-electron chi connectivity index (χ1n) is 17.1. The van der Waals surface area contributed by atoms with Gasteiger partial charge in [-0.1, -0.05) is 57.2 Å². The highest BCUT2D eigenvalue weighted by atomic mass is 16.7. The Morgan fingerprint density at radius 2 is 1.60 bits per heavy atom. The van der Waals surface area contributed by atoms with Gasteiger partial charge in [0.1, 0.15) is 6.10 Å². The minimum atomic E-state index is -1.60. The molecule has 4 heterocycles. The third-order valence-electron chi connectivity index (χ3n) is 9.74. The van der Waals surface area contributed by atoms with Gasteiger partial charge in [-0.2, -0.15) is 0 Å². The molecular weight excluding hydrogens is 620 g/mol. The second-order valence-corrected chi connectivity index (χ2v) is 14.2. The van der Waals surface area contributed by atoms with Crippen LogP contribution in [0.3, 0.4) is 0 Å². The predicted molar refractivity (Wildman–Crippen MR) is 177 cm³/mol. The highest BCUT2D eigenvalue weighted by Gasteiger charge is 2.59. The van der Waals surface area contributed by atoms with E-state index in [1.54, 1.807) is 0 Å². The van der Waals surface area contributed by atoms with Crippen LogP contribution >= 0.6 is 0 Å². The summed E-state index contributed by atoms with van der Waals surface area (Å²) in [5, 5.41) is 10.9. The van der Waals surface area contributed by atoms with Crippen molar-refractivity contribution >= 4 is 17.9 Å². The van der Waals surface area contributed by atoms with E-state index in [2.05, 4.69) is 13.2 Å². The smallest absolute Gasteiger partial charge is 0.330 e. The molecule has 4 aliphatic heterocycles. The van der Waals surface area contributed by atoms with E-state index in [-0.39, 0.29) is 50.1 Å². The number of hydrogen-bond acceptors (Lipinski definition) is 11. The molecule has 3 fully saturated rings. The number of methoxy groups -OCH3 is 2. The molecule has 0 aliphatic carbocycles. The van der Waals surface area contributed by atoms with E-state index in [9.17, 15) is 19.5 Å². The van der Waals surface area contributed by atoms with Crippen LogP contribution in [0, 0.1) is 5.41 Å². The quantitative estimate of drug-likeness (QED) is 0.183. The number of carbonyl (C=O) groups is 3. The van der Waals surface area contributed by atoms with Crippen molar-refractivity contribution in [3.8, 4) is 0 Å². The number of rotatable bonds is 4. The normalized spacial score (nSPS) is 38.0. The molecule has 9 atom stereocenters. The van der Waals surface area contributed by atoms with Crippen LogP contribution in [-0.4, -0.2) is 91.9 Å². The van der Waals surface area contributed by atoms with Gasteiger partial charge in [0.15, 0.2) is 6.10 Å². The van der Waals surface area contributed by atoms with Crippen molar-refractivity contribution in [2.45, 2.75) is 147 Å². The van der Waals surface area contributed by atoms with E-state index in [0.717, 1.165) is 11.1 Å². The van der Waals surface area contributed by atoms with Gasteiger partial charge < -0.3 is 38.3 Å². The molecular formula is C37H54O11. The minimum absolute atomic E-state index is 0.142. The van der Waals surface area contributed by atoms with E-state index in [1.165, 1.54) is 27.2 Å². The van der Waals surface area contributed by atoms with Gasteiger partial charge in [0.05, 0.1) is 50.2 Å². The maximum atomic E-state index is 13.1. The summed E-state index contributed by atoms with van der Waals surface area (Å²) in [5.74, 6) is -3.33. The fourth-order valence-electron chi connectivity index (χ4n) is 7.49. The second-order valence-electron chi connectivity index (χ2n) is 14.2. The number of carbonyl (C=O) groups excluding carboxylic acids is 3. The Morgan fingerprint density at radius 3 is 2.23 bits per heavy atom. The molecule has 0 aromatic heterocycles. The number of fused-ring (bicyclic) bond motifs is 6. The van der Waals surface area contributed by atoms with Crippen molar-refractivity contribution in [1.29, 1.82) is 0 Å². The lowest BCUT2D eigenvalue weighted by Gasteiger charge is -2.53. The first kappa shape index (κ1) is 38.0. The maximum absolute atomic E-state index is 13.1. The lowest BCUT2D eigenvalue weighted by atomic mass is 9.73. The molecule has 4 aliphatic rings. The van der Waals surface area contributed by atoms with Crippen molar-refractivity contribution < 1.29 is 52.6 Å². The number of cyclic esters (lactones) is 1. The molecule has 11 heteroatoms. The molecule has 0 aromatic carbocycles. The van der Waals surface area contributed by atoms with Gasteiger partial charge in [-0.05, 0) is 44.1 Å². The van der Waals surface area contributed by atoms with Crippen LogP contribution in [-0.2, 0) is 47.5 Å². The molecule has 0 saturated carbocycles. The van der Waals surface area contributed by atoms with Gasteiger partial charge in [0, 0.05) is 44.8 Å². The second kappa shape index (κ2) is 16.3. The minimum Gasteiger partial charge on any atom is -0.466 e. The Hall–Kier alpha value is -2.83. The summed E-state index contributed by atoms with van der Waals surface area (Å²) in [4.78, 5) is 38.2. The number of aliphatic hydroxyl groups excluding tert-OH is 1. The van der Waals surface area contributed by atoms with Crippen LogP contribution in [0.4, 0.5) is 0 Å². The summed E-state index contributed by atoms with van der Waals surface area (Å²) in [6, 6.07) is 0. The number of hydrogen-bond donors (Lipinski definition) is 1. The highest BCUT2D eigenvalue weighted by molar-refractivity contribution is 5.83. The SMILES string of the molecule is C=C1C[C@@H]2C[C@@H]3CC(=C)C[C@H](/C=C/C(C)(C)[C@]4(OC)O[C@@H](C/C(=C\C(=O)OC)[C@@H]4OC(C)=O)C[C@H](CC)OC(=O)C[C@H](O)C[C@H](C1)O2)O3. The van der Waals surface area contributed by atoms with Crippen molar-refractivity contribution in [2.24, 2.45) is 5.41 Å². The molecule has 48 heavy (non-hydrogen) atoms. The standard InChI is InChI=1S/C37H54O11/c1-9-27-20-32-16-25(17-33(40)42-7)35(44-24(4)38)37(43-8,48-32)36(5,6)11-10-28-12-22(2)14-30(45-28)21-31-15-23(3)13-29(46-31)18-26(39)19-34(41)47-27/h10-11,17,26-32,35,39H,2-3,9,12-16,18-21H2,1,4-8H3/b11-10+,25-17+/t26-,27+,28+,29+,30+,31-,32+,35+,37-/m1/s1. The van der Waals surface area contributed by atoms with E-state index in [1.807, 2.05) is 32.9 Å². The average Bonchev–Trinajstić information content (AvgIpc) is 2.99. The van der Waals surface area contributed by atoms with E-state index < -0.39 is 53.5 Å². The lowest BCUT2D eigenvalue weighted by Crippen LogP contribution is -2.63. The zero-order valence-electron chi connectivity index (χ0n) is 29.4. The third-order valence-corrected chi connectivity index (χ3v) is 9.74. The summed E-state index contributed by atoms with van der Waals surface area (Å²) < 4.78 is 42.7. The van der Waals surface area contributed by atoms with Crippen molar-refractivity contribution in [2.75, 3.05) is 14.2 Å². The van der Waals surface area contributed by atoms with Gasteiger partial charge in [0.2, 0.25) is 5.79 Å². The fraction of sp³-hybridized carbons (Fsp3) is 0.703. The van der Waals surface area contributed by atoms with Crippen LogP contribution in [0.25, 0.3) is 0 Å². The summed E-state index contributed by atoms with van der Waals surface area (Å²) in [5.41, 5.74) is 1.59. The molecule has 6 bridgehead atoms. The van der Waals surface area contributed by atoms with E-state index >= 15 is 0 Å². The molecule has 4 rings (SSSR count). The summed E-state index contributed by atoms with van der Waals surface area (Å²) in [6.07, 6.45) is 5.42. The fourth-order valence-corrected chi connectivity index (χ4v) is 7.49. The third kappa shape index (κ3) is 9.44. The van der Waals surface area contributed by atoms with Gasteiger partial charge in [-0.15, -0.1) is 0 Å². The van der Waals surface area contributed by atoms with Crippen LogP contribution in [0.15, 0.2) is 48.1 Å². The number of aliphatic hydroxyl groups is 1. The van der Waals surface area contributed by atoms with Crippen LogP contribution < -0.4 is 0 Å². The van der Waals surface area contributed by atoms with E-state index in [0.29, 0.717) is 44.1 Å². The zero-order chi connectivity index (χ0) is 35.2. The predicted octanol–water partition coefficient (Wildman–Crippen LogP) is 5.20. The Morgan fingerprint density at radius 1 is 0.958 bits per heavy atom. The van der Waals surface area contributed by atoms with Crippen molar-refractivity contribution in [3.05, 3.63) is 48.1 Å². The van der Waals surface area contributed by atoms with Crippen LogP contribution in [0.1, 0.15) is 91.9 Å². The van der Waals surface area contributed by atoms with Crippen molar-refractivity contribution in [1.82, 2.24) is 0 Å². The van der Waals surface area contributed by atoms with Gasteiger partial charge in [-0.25, -0.2) is 4.79 Å². The topological polar surface area (TPSA) is 136 Å². The molecule has 1 N–H and O–H groups in total. The Bertz CT molecular complexity index is 1270. The lowest BCUT2D eigenvalue weighted by molar-refractivity contribution is -0.337. The molecule has 3 saturated heterocycles. The average molecular weight is 675 g/mol. The van der Waals surface area contributed by atoms with E-state index in [4.69, 9.17) is 33.2 Å². The zero-order valence-corrected chi connectivity index (χ0v) is 29.4. The molecule has 0 aromatic rings.